The van der Waals surface area contributed by atoms with Gasteiger partial charge in [0.05, 0.1) is 0 Å². The van der Waals surface area contributed by atoms with E-state index in [4.69, 9.17) is 0 Å². The largest absolute Gasteiger partial charge is 0.194 e. The molecule has 1 aliphatic carbocycles. The van der Waals surface area contributed by atoms with Crippen LogP contribution in [0.4, 0.5) is 0 Å². The second kappa shape index (κ2) is 0.311. The minimum absolute atomic E-state index is 0.981. The Kier molecular flexibility index (Phi) is 0.129. The number of hydrogen-bond donors (Lipinski definition) is 0. The zero-order valence-corrected chi connectivity index (χ0v) is 3.28. The molecular weight excluding hydrogens is 58.9 g/mol. The normalized spacial score (nSPS) is 27.0. The standard InChI is InChI=1S/C4H5B/c1-5-3-2-4(3)5/h2H2,1H3. The monoisotopic (exact) mass is 64.0 g/mol. The fourth-order valence-electron chi connectivity index (χ4n) is 0.798. The van der Waals surface area contributed by atoms with Crippen LogP contribution < -0.4 is 0 Å². The third kappa shape index (κ3) is 0.0889. The highest BCUT2D eigenvalue weighted by atomic mass is 14.3. The van der Waals surface area contributed by atoms with Gasteiger partial charge in [-0.3, -0.25) is 0 Å². The van der Waals surface area contributed by atoms with E-state index in [2.05, 4.69) is 6.82 Å². The molecule has 0 saturated carbocycles. The van der Waals surface area contributed by atoms with Crippen LogP contribution in [0.3, 0.4) is 0 Å². The molecule has 0 fully saturated rings. The molecule has 0 nitrogen and oxygen atoms in total. The summed E-state index contributed by atoms with van der Waals surface area (Å²) in [6.45, 7) is 3.25. The maximum absolute atomic E-state index is 2.27. The van der Waals surface area contributed by atoms with Gasteiger partial charge < -0.3 is 0 Å². The van der Waals surface area contributed by atoms with E-state index < -0.39 is 0 Å². The quantitative estimate of drug-likeness (QED) is 0.367. The molecule has 1 heterocycles. The molecule has 0 saturated heterocycles. The van der Waals surface area contributed by atoms with Gasteiger partial charge in [-0.2, -0.15) is 0 Å². The average Bonchev–Trinajstić information content (AvgIpc) is 2.11. The topological polar surface area (TPSA) is 0 Å². The first-order chi connectivity index (χ1) is 2.39. The summed E-state index contributed by atoms with van der Waals surface area (Å²) in [5.74, 6) is 0. The van der Waals surface area contributed by atoms with E-state index in [1.54, 1.807) is 10.9 Å². The van der Waals surface area contributed by atoms with Gasteiger partial charge in [-0.15, -0.1) is 10.9 Å². The third-order valence-electron chi connectivity index (χ3n) is 1.63. The molecule has 0 amide bonds. The fourth-order valence-corrected chi connectivity index (χ4v) is 0.798. The molecule has 0 atom stereocenters. The second-order valence-corrected chi connectivity index (χ2v) is 1.95. The number of rotatable bonds is 0. The molecule has 1 aliphatic heterocycles. The molecule has 5 heavy (non-hydrogen) atoms. The van der Waals surface area contributed by atoms with Crippen molar-refractivity contribution >= 4 is 6.71 Å². The van der Waals surface area contributed by atoms with Crippen molar-refractivity contribution < 1.29 is 0 Å². The smallest absolute Gasteiger partial charge is 0.102 e. The van der Waals surface area contributed by atoms with Crippen LogP contribution in [0.25, 0.3) is 0 Å². The van der Waals surface area contributed by atoms with Crippen LogP contribution in [-0.2, 0) is 0 Å². The van der Waals surface area contributed by atoms with Crippen molar-refractivity contribution in [2.75, 3.05) is 0 Å². The molecule has 0 aromatic heterocycles. The molecule has 0 radical (unpaired) electrons. The van der Waals surface area contributed by atoms with Gasteiger partial charge in [0.15, 0.2) is 6.71 Å². The zero-order chi connectivity index (χ0) is 3.44. The lowest BCUT2D eigenvalue weighted by Gasteiger charge is -1.85. The van der Waals surface area contributed by atoms with Crippen LogP contribution in [0.5, 0.6) is 0 Å². The van der Waals surface area contributed by atoms with E-state index in [-0.39, 0.29) is 0 Å². The van der Waals surface area contributed by atoms with Gasteiger partial charge in [-0.25, -0.2) is 0 Å². The summed E-state index contributed by atoms with van der Waals surface area (Å²) < 4.78 is 0. The first-order valence-electron chi connectivity index (χ1n) is 2.11. The van der Waals surface area contributed by atoms with E-state index >= 15 is 0 Å². The molecule has 0 N–H and O–H groups in total. The van der Waals surface area contributed by atoms with Crippen LogP contribution in [0, 0.1) is 0 Å². The van der Waals surface area contributed by atoms with Crippen molar-refractivity contribution in [2.45, 2.75) is 13.2 Å². The lowest BCUT2D eigenvalue weighted by atomic mass is 9.55. The fraction of sp³-hybridized carbons (Fsp3) is 0.500. The molecule has 0 aromatic rings. The Morgan fingerprint density at radius 1 is 1.60 bits per heavy atom. The van der Waals surface area contributed by atoms with Gasteiger partial charge in [0.2, 0.25) is 0 Å². The predicted molar refractivity (Wildman–Crippen MR) is 23.3 cm³/mol. The van der Waals surface area contributed by atoms with E-state index in [0.717, 1.165) is 6.71 Å². The number of allylic oxidation sites excluding steroid dienone is 2. The van der Waals surface area contributed by atoms with Crippen LogP contribution >= 0.6 is 0 Å². The Hall–Kier alpha value is -0.195. The molecule has 0 bridgehead atoms. The third-order valence-corrected chi connectivity index (χ3v) is 1.63. The van der Waals surface area contributed by atoms with Gasteiger partial charge in [-0.1, -0.05) is 6.82 Å². The molecule has 24 valence electrons. The Labute approximate surface area is 32.0 Å². The molecule has 0 unspecified atom stereocenters. The van der Waals surface area contributed by atoms with Crippen LogP contribution in [0.15, 0.2) is 10.9 Å². The summed E-state index contributed by atoms with van der Waals surface area (Å²) in [5, 5.41) is 0. The van der Waals surface area contributed by atoms with Gasteiger partial charge >= 0.3 is 0 Å². The number of hydrogen-bond acceptors (Lipinski definition) is 0. The lowest BCUT2D eigenvalue weighted by Crippen LogP contribution is -1.93. The second-order valence-electron chi connectivity index (χ2n) is 1.95. The van der Waals surface area contributed by atoms with E-state index in [1.165, 1.54) is 6.42 Å². The minimum atomic E-state index is 0.981. The average molecular weight is 63.9 g/mol. The lowest BCUT2D eigenvalue weighted by molar-refractivity contribution is 1.54. The Balaban J connectivity index is 2.32. The van der Waals surface area contributed by atoms with E-state index in [9.17, 15) is 0 Å². The van der Waals surface area contributed by atoms with Crippen LogP contribution in [0.1, 0.15) is 6.42 Å². The van der Waals surface area contributed by atoms with Crippen molar-refractivity contribution in [2.24, 2.45) is 0 Å². The van der Waals surface area contributed by atoms with Crippen molar-refractivity contribution in [1.29, 1.82) is 0 Å². The maximum atomic E-state index is 2.27. The highest BCUT2D eigenvalue weighted by Crippen LogP contribution is 2.52. The van der Waals surface area contributed by atoms with Crippen LogP contribution in [-0.4, -0.2) is 6.71 Å². The highest BCUT2D eigenvalue weighted by molar-refractivity contribution is 6.89. The predicted octanol–water partition coefficient (Wildman–Crippen LogP) is 0.903. The summed E-state index contributed by atoms with van der Waals surface area (Å²) >= 11 is 0. The maximum Gasteiger partial charge on any atom is 0.194 e. The van der Waals surface area contributed by atoms with Gasteiger partial charge in [-0.05, 0) is 6.42 Å². The summed E-state index contributed by atoms with van der Waals surface area (Å²) in [6.07, 6.45) is 1.40. The Morgan fingerprint density at radius 3 is 2.00 bits per heavy atom. The Bertz CT molecular complexity index is 101. The van der Waals surface area contributed by atoms with Crippen molar-refractivity contribution in [1.82, 2.24) is 0 Å². The van der Waals surface area contributed by atoms with Crippen molar-refractivity contribution in [3.05, 3.63) is 10.9 Å². The Morgan fingerprint density at radius 2 is 2.00 bits per heavy atom. The van der Waals surface area contributed by atoms with E-state index in [0.29, 0.717) is 0 Å². The first kappa shape index (κ1) is 2.06. The molecule has 0 aromatic carbocycles. The van der Waals surface area contributed by atoms with Gasteiger partial charge in [0.25, 0.3) is 0 Å². The van der Waals surface area contributed by atoms with Crippen molar-refractivity contribution in [3.63, 3.8) is 0 Å². The molecule has 1 heteroatoms. The first-order valence-corrected chi connectivity index (χ1v) is 2.11. The minimum Gasteiger partial charge on any atom is -0.102 e. The molecule has 2 aliphatic rings. The summed E-state index contributed by atoms with van der Waals surface area (Å²) in [7, 11) is 0. The highest BCUT2D eigenvalue weighted by Gasteiger charge is 2.47. The van der Waals surface area contributed by atoms with E-state index in [1.807, 2.05) is 0 Å². The van der Waals surface area contributed by atoms with Gasteiger partial charge in [0.1, 0.15) is 0 Å². The summed E-state index contributed by atoms with van der Waals surface area (Å²) in [6, 6.07) is 0. The SMILES string of the molecule is CB1C2=C1C2. The summed E-state index contributed by atoms with van der Waals surface area (Å²) in [4.78, 5) is 0. The van der Waals surface area contributed by atoms with Crippen molar-refractivity contribution in [3.8, 4) is 0 Å². The molecule has 2 rings (SSSR count). The van der Waals surface area contributed by atoms with Crippen LogP contribution in [0.2, 0.25) is 6.82 Å². The molecular formula is C4H5B. The zero-order valence-electron chi connectivity index (χ0n) is 3.28. The van der Waals surface area contributed by atoms with Gasteiger partial charge in [0, 0.05) is 0 Å². The summed E-state index contributed by atoms with van der Waals surface area (Å²) in [5.41, 5.74) is 3.51. The molecule has 0 spiro atoms.